The predicted octanol–water partition coefficient (Wildman–Crippen LogP) is 4.69. The summed E-state index contributed by atoms with van der Waals surface area (Å²) in [6, 6.07) is 12.9. The van der Waals surface area contributed by atoms with Crippen LogP contribution in [0.3, 0.4) is 0 Å². The molecule has 0 amide bonds. The molecule has 0 aliphatic heterocycles. The average Bonchev–Trinajstić information content (AvgIpc) is 2.84. The molecule has 3 heteroatoms. The highest BCUT2D eigenvalue weighted by Crippen LogP contribution is 2.24. The van der Waals surface area contributed by atoms with Crippen LogP contribution in [0.1, 0.15) is 18.1 Å². The largest absolute Gasteiger partial charge is 0.489 e. The van der Waals surface area contributed by atoms with Crippen molar-refractivity contribution in [1.82, 2.24) is 4.57 Å². The lowest BCUT2D eigenvalue weighted by Crippen LogP contribution is -1.95. The first-order chi connectivity index (χ1) is 10.2. The third kappa shape index (κ3) is 2.77. The van der Waals surface area contributed by atoms with E-state index in [-0.39, 0.29) is 5.82 Å². The molecule has 0 aliphatic carbocycles. The fraction of sp³-hybridized carbons (Fsp3) is 0.222. The quantitative estimate of drug-likeness (QED) is 0.677. The molecule has 0 aliphatic rings. The second kappa shape index (κ2) is 5.60. The maximum absolute atomic E-state index is 13.4. The Kier molecular flexibility index (Phi) is 3.65. The van der Waals surface area contributed by atoms with Crippen LogP contribution in [-0.4, -0.2) is 4.57 Å². The predicted molar refractivity (Wildman–Crippen MR) is 83.1 cm³/mol. The molecule has 21 heavy (non-hydrogen) atoms. The van der Waals surface area contributed by atoms with Crippen molar-refractivity contribution in [3.05, 3.63) is 65.6 Å². The van der Waals surface area contributed by atoms with Crippen LogP contribution in [0.2, 0.25) is 0 Å². The lowest BCUT2D eigenvalue weighted by atomic mass is 10.2. The number of benzene rings is 2. The number of nitrogens with zero attached hydrogens (tertiary/aromatic N) is 1. The number of ether oxygens (including phenoxy) is 1. The zero-order valence-electron chi connectivity index (χ0n) is 12.3. The molecule has 2 aromatic carbocycles. The summed E-state index contributed by atoms with van der Waals surface area (Å²) in [6.45, 7) is 5.39. The van der Waals surface area contributed by atoms with Gasteiger partial charge >= 0.3 is 0 Å². The summed E-state index contributed by atoms with van der Waals surface area (Å²) in [5, 5.41) is 1.05. The van der Waals surface area contributed by atoms with Gasteiger partial charge in [-0.25, -0.2) is 4.39 Å². The van der Waals surface area contributed by atoms with E-state index in [4.69, 9.17) is 4.74 Å². The smallest absolute Gasteiger partial charge is 0.125 e. The molecule has 0 N–H and O–H groups in total. The summed E-state index contributed by atoms with van der Waals surface area (Å²) in [5.74, 6) is 0.640. The molecule has 0 radical (unpaired) electrons. The Morgan fingerprint density at radius 3 is 2.57 bits per heavy atom. The van der Waals surface area contributed by atoms with Gasteiger partial charge in [-0.3, -0.25) is 0 Å². The SMILES string of the molecule is CCn1cc(COc2ccc(C)cc2)c2ccc(F)cc21. The van der Waals surface area contributed by atoms with E-state index >= 15 is 0 Å². The number of halogens is 1. The molecule has 3 rings (SSSR count). The first-order valence-corrected chi connectivity index (χ1v) is 7.14. The molecule has 0 saturated heterocycles. The molecule has 3 aromatic rings. The Bertz CT molecular complexity index is 759. The van der Waals surface area contributed by atoms with Crippen LogP contribution in [0.25, 0.3) is 10.9 Å². The highest BCUT2D eigenvalue weighted by atomic mass is 19.1. The van der Waals surface area contributed by atoms with Gasteiger partial charge in [0.1, 0.15) is 18.2 Å². The van der Waals surface area contributed by atoms with E-state index < -0.39 is 0 Å². The molecule has 0 fully saturated rings. The molecule has 108 valence electrons. The number of hydrogen-bond donors (Lipinski definition) is 0. The molecule has 0 unspecified atom stereocenters. The van der Waals surface area contributed by atoms with Crippen LogP contribution in [0.5, 0.6) is 5.75 Å². The highest BCUT2D eigenvalue weighted by molar-refractivity contribution is 5.84. The molecular formula is C18H18FNO. The summed E-state index contributed by atoms with van der Waals surface area (Å²) < 4.78 is 21.3. The van der Waals surface area contributed by atoms with E-state index in [1.54, 1.807) is 6.07 Å². The van der Waals surface area contributed by atoms with Gasteiger partial charge in [-0.2, -0.15) is 0 Å². The lowest BCUT2D eigenvalue weighted by molar-refractivity contribution is 0.307. The van der Waals surface area contributed by atoms with E-state index in [0.717, 1.165) is 28.8 Å². The molecule has 0 saturated carbocycles. The van der Waals surface area contributed by atoms with E-state index in [1.807, 2.05) is 48.0 Å². The Morgan fingerprint density at radius 1 is 1.10 bits per heavy atom. The number of aromatic nitrogens is 1. The van der Waals surface area contributed by atoms with E-state index in [1.165, 1.54) is 11.6 Å². The van der Waals surface area contributed by atoms with Gasteiger partial charge in [0.15, 0.2) is 0 Å². The Labute approximate surface area is 123 Å². The number of hydrogen-bond acceptors (Lipinski definition) is 1. The van der Waals surface area contributed by atoms with Crippen molar-refractivity contribution >= 4 is 10.9 Å². The van der Waals surface area contributed by atoms with Crippen LogP contribution in [0, 0.1) is 12.7 Å². The van der Waals surface area contributed by atoms with Crippen LogP contribution in [0.15, 0.2) is 48.7 Å². The van der Waals surface area contributed by atoms with Gasteiger partial charge in [0.05, 0.1) is 5.52 Å². The molecule has 0 bridgehead atoms. The van der Waals surface area contributed by atoms with Crippen LogP contribution in [-0.2, 0) is 13.2 Å². The minimum Gasteiger partial charge on any atom is -0.489 e. The van der Waals surface area contributed by atoms with Crippen LogP contribution >= 0.6 is 0 Å². The van der Waals surface area contributed by atoms with Gasteiger partial charge < -0.3 is 9.30 Å². The highest BCUT2D eigenvalue weighted by Gasteiger charge is 2.09. The minimum atomic E-state index is -0.207. The van der Waals surface area contributed by atoms with E-state index in [9.17, 15) is 4.39 Å². The molecule has 1 heterocycles. The molecule has 0 spiro atoms. The van der Waals surface area contributed by atoms with Gasteiger partial charge in [0.2, 0.25) is 0 Å². The van der Waals surface area contributed by atoms with Crippen molar-refractivity contribution in [2.24, 2.45) is 0 Å². The number of fused-ring (bicyclic) bond motifs is 1. The zero-order valence-corrected chi connectivity index (χ0v) is 12.3. The lowest BCUT2D eigenvalue weighted by Gasteiger charge is -2.05. The van der Waals surface area contributed by atoms with Crippen LogP contribution in [0.4, 0.5) is 4.39 Å². The first-order valence-electron chi connectivity index (χ1n) is 7.14. The van der Waals surface area contributed by atoms with E-state index in [2.05, 4.69) is 6.92 Å². The number of rotatable bonds is 4. The average molecular weight is 283 g/mol. The maximum atomic E-state index is 13.4. The second-order valence-corrected chi connectivity index (χ2v) is 5.20. The van der Waals surface area contributed by atoms with Gasteiger partial charge in [0, 0.05) is 23.7 Å². The van der Waals surface area contributed by atoms with Gasteiger partial charge in [-0.05, 0) is 44.2 Å². The minimum absolute atomic E-state index is 0.207. The standard InChI is InChI=1S/C18H18FNO/c1-3-20-11-14(17-9-6-15(19)10-18(17)20)12-21-16-7-4-13(2)5-8-16/h4-11H,3,12H2,1-2H3. The summed E-state index contributed by atoms with van der Waals surface area (Å²) in [4.78, 5) is 0. The van der Waals surface area contributed by atoms with Crippen LogP contribution < -0.4 is 4.74 Å². The molecule has 0 atom stereocenters. The Morgan fingerprint density at radius 2 is 1.86 bits per heavy atom. The normalized spacial score (nSPS) is 11.0. The topological polar surface area (TPSA) is 14.2 Å². The van der Waals surface area contributed by atoms with Crippen molar-refractivity contribution in [2.45, 2.75) is 27.0 Å². The van der Waals surface area contributed by atoms with Gasteiger partial charge in [-0.15, -0.1) is 0 Å². The Hall–Kier alpha value is -2.29. The third-order valence-corrected chi connectivity index (χ3v) is 3.68. The van der Waals surface area contributed by atoms with Crippen molar-refractivity contribution < 1.29 is 9.13 Å². The third-order valence-electron chi connectivity index (χ3n) is 3.68. The second-order valence-electron chi connectivity index (χ2n) is 5.20. The van der Waals surface area contributed by atoms with Crippen molar-refractivity contribution in [1.29, 1.82) is 0 Å². The van der Waals surface area contributed by atoms with Gasteiger partial charge in [-0.1, -0.05) is 17.7 Å². The molecular weight excluding hydrogens is 265 g/mol. The molecule has 1 aromatic heterocycles. The first kappa shape index (κ1) is 13.7. The fourth-order valence-corrected chi connectivity index (χ4v) is 2.51. The summed E-state index contributed by atoms with van der Waals surface area (Å²) in [5.41, 5.74) is 3.20. The summed E-state index contributed by atoms with van der Waals surface area (Å²) in [7, 11) is 0. The zero-order chi connectivity index (χ0) is 14.8. The monoisotopic (exact) mass is 283 g/mol. The Balaban J connectivity index is 1.88. The van der Waals surface area contributed by atoms with Crippen molar-refractivity contribution in [3.8, 4) is 5.75 Å². The maximum Gasteiger partial charge on any atom is 0.125 e. The van der Waals surface area contributed by atoms with Crippen molar-refractivity contribution in [3.63, 3.8) is 0 Å². The van der Waals surface area contributed by atoms with Crippen molar-refractivity contribution in [2.75, 3.05) is 0 Å². The van der Waals surface area contributed by atoms with Gasteiger partial charge in [0.25, 0.3) is 0 Å². The number of aryl methyl sites for hydroxylation is 2. The summed E-state index contributed by atoms with van der Waals surface area (Å²) >= 11 is 0. The fourth-order valence-electron chi connectivity index (χ4n) is 2.51. The molecule has 2 nitrogen and oxygen atoms in total. The van der Waals surface area contributed by atoms with E-state index in [0.29, 0.717) is 6.61 Å². The summed E-state index contributed by atoms with van der Waals surface area (Å²) in [6.07, 6.45) is 2.04.